The molecule has 1 heterocycles. The maximum absolute atomic E-state index is 12.9. The van der Waals surface area contributed by atoms with Crippen LogP contribution in [0.1, 0.15) is 27.9 Å². The van der Waals surface area contributed by atoms with Gasteiger partial charge in [0.05, 0.1) is 32.5 Å². The summed E-state index contributed by atoms with van der Waals surface area (Å²) in [6.07, 6.45) is 2.47. The molecule has 0 saturated heterocycles. The topological polar surface area (TPSA) is 96.9 Å². The van der Waals surface area contributed by atoms with E-state index < -0.39 is 18.1 Å². The standard InChI is InChI=1S/C24H28N2O5/c27-22(24(29)25-16-18-8-2-1-3-9-18)21-12-6-7-13-30-14-15-31-17-19-10-4-5-11-20(19)23(28)26-21/h1-11,21-22,27H,12-17H2,(H,25,29)(H,26,28)/t21-,22?/m0/s1. The first-order valence-electron chi connectivity index (χ1n) is 10.3. The zero-order valence-electron chi connectivity index (χ0n) is 17.3. The van der Waals surface area contributed by atoms with E-state index in [0.29, 0.717) is 31.9 Å². The molecular formula is C24H28N2O5. The molecule has 2 aromatic rings. The molecule has 2 atom stereocenters. The monoisotopic (exact) mass is 424 g/mol. The number of aliphatic hydroxyl groups is 1. The van der Waals surface area contributed by atoms with Crippen molar-refractivity contribution in [2.24, 2.45) is 0 Å². The minimum Gasteiger partial charge on any atom is -0.381 e. The van der Waals surface area contributed by atoms with Crippen molar-refractivity contribution >= 4 is 11.8 Å². The molecule has 0 saturated carbocycles. The van der Waals surface area contributed by atoms with Crippen LogP contribution in [0.15, 0.2) is 66.7 Å². The number of amides is 2. The van der Waals surface area contributed by atoms with Crippen molar-refractivity contribution in [3.8, 4) is 0 Å². The van der Waals surface area contributed by atoms with Gasteiger partial charge in [-0.25, -0.2) is 0 Å². The molecule has 1 aliphatic rings. The van der Waals surface area contributed by atoms with Crippen molar-refractivity contribution in [1.29, 1.82) is 0 Å². The van der Waals surface area contributed by atoms with Gasteiger partial charge in [-0.3, -0.25) is 9.59 Å². The number of carbonyl (C=O) groups excluding carboxylic acids is 2. The second-order valence-electron chi connectivity index (χ2n) is 7.22. The van der Waals surface area contributed by atoms with Gasteiger partial charge in [0, 0.05) is 12.1 Å². The number of hydrogen-bond acceptors (Lipinski definition) is 5. The fourth-order valence-electron chi connectivity index (χ4n) is 3.22. The van der Waals surface area contributed by atoms with Gasteiger partial charge in [0.15, 0.2) is 6.10 Å². The van der Waals surface area contributed by atoms with Crippen LogP contribution < -0.4 is 10.6 Å². The van der Waals surface area contributed by atoms with Crippen LogP contribution in [0.3, 0.4) is 0 Å². The second kappa shape index (κ2) is 12.0. The minimum atomic E-state index is -1.41. The maximum Gasteiger partial charge on any atom is 0.251 e. The molecule has 3 rings (SSSR count). The first-order valence-corrected chi connectivity index (χ1v) is 10.3. The largest absolute Gasteiger partial charge is 0.381 e. The van der Waals surface area contributed by atoms with Crippen molar-refractivity contribution in [3.05, 3.63) is 83.4 Å². The minimum absolute atomic E-state index is 0.271. The van der Waals surface area contributed by atoms with Crippen molar-refractivity contribution in [1.82, 2.24) is 10.6 Å². The third-order valence-corrected chi connectivity index (χ3v) is 4.94. The van der Waals surface area contributed by atoms with E-state index in [0.717, 1.165) is 11.1 Å². The highest BCUT2D eigenvalue weighted by atomic mass is 16.5. The van der Waals surface area contributed by atoms with Gasteiger partial charge in [-0.2, -0.15) is 0 Å². The van der Waals surface area contributed by atoms with Crippen molar-refractivity contribution in [2.75, 3.05) is 19.8 Å². The van der Waals surface area contributed by atoms with E-state index in [1.54, 1.807) is 24.3 Å². The molecule has 7 heteroatoms. The van der Waals surface area contributed by atoms with Gasteiger partial charge in [0.2, 0.25) is 0 Å². The first kappa shape index (κ1) is 22.7. The Morgan fingerprint density at radius 3 is 2.65 bits per heavy atom. The van der Waals surface area contributed by atoms with Crippen molar-refractivity contribution < 1.29 is 24.2 Å². The summed E-state index contributed by atoms with van der Waals surface area (Å²) in [4.78, 5) is 25.5. The Labute approximate surface area is 182 Å². The van der Waals surface area contributed by atoms with E-state index in [2.05, 4.69) is 10.6 Å². The fraction of sp³-hybridized carbons (Fsp3) is 0.333. The molecule has 31 heavy (non-hydrogen) atoms. The Bertz CT molecular complexity index is 885. The van der Waals surface area contributed by atoms with E-state index in [-0.39, 0.29) is 18.9 Å². The highest BCUT2D eigenvalue weighted by Crippen LogP contribution is 2.12. The van der Waals surface area contributed by atoms with E-state index in [4.69, 9.17) is 9.47 Å². The van der Waals surface area contributed by atoms with E-state index in [9.17, 15) is 14.7 Å². The van der Waals surface area contributed by atoms with Crippen LogP contribution in [0.2, 0.25) is 0 Å². The lowest BCUT2D eigenvalue weighted by Gasteiger charge is -2.23. The predicted octanol–water partition coefficient (Wildman–Crippen LogP) is 1.96. The Kier molecular flexibility index (Phi) is 8.78. The number of fused-ring (bicyclic) bond motifs is 1. The SMILES string of the molecule is O=C1N[C@H](C(O)C(=O)NCc2ccccc2)CC=CCOCCOCc2ccccc21. The molecule has 164 valence electrons. The molecule has 0 fully saturated rings. The number of hydrogen-bond donors (Lipinski definition) is 3. The van der Waals surface area contributed by atoms with Gasteiger partial charge >= 0.3 is 0 Å². The number of carbonyl (C=O) groups is 2. The van der Waals surface area contributed by atoms with Gasteiger partial charge in [0.25, 0.3) is 11.8 Å². The van der Waals surface area contributed by atoms with Crippen LogP contribution in [0.4, 0.5) is 0 Å². The zero-order valence-corrected chi connectivity index (χ0v) is 17.3. The summed E-state index contributed by atoms with van der Waals surface area (Å²) in [6, 6.07) is 15.7. The van der Waals surface area contributed by atoms with E-state index in [1.807, 2.05) is 42.5 Å². The smallest absolute Gasteiger partial charge is 0.251 e. The summed E-state index contributed by atoms with van der Waals surface area (Å²) in [7, 11) is 0. The normalized spacial score (nSPS) is 18.9. The van der Waals surface area contributed by atoms with Crippen LogP contribution in [-0.4, -0.2) is 48.9 Å². The summed E-state index contributed by atoms with van der Waals surface area (Å²) < 4.78 is 11.1. The molecule has 0 aliphatic carbocycles. The highest BCUT2D eigenvalue weighted by molar-refractivity contribution is 5.96. The number of ether oxygens (including phenoxy) is 2. The quantitative estimate of drug-likeness (QED) is 0.652. The molecule has 1 unspecified atom stereocenters. The van der Waals surface area contributed by atoms with Crippen molar-refractivity contribution in [3.63, 3.8) is 0 Å². The lowest BCUT2D eigenvalue weighted by molar-refractivity contribution is -0.130. The van der Waals surface area contributed by atoms with Crippen LogP contribution in [0.25, 0.3) is 0 Å². The molecule has 2 aromatic carbocycles. The maximum atomic E-state index is 12.9. The summed E-state index contributed by atoms with van der Waals surface area (Å²) in [6.45, 7) is 1.81. The molecule has 0 radical (unpaired) electrons. The lowest BCUT2D eigenvalue weighted by Crippen LogP contribution is -2.50. The third-order valence-electron chi connectivity index (χ3n) is 4.94. The third kappa shape index (κ3) is 7.03. The predicted molar refractivity (Wildman–Crippen MR) is 116 cm³/mol. The highest BCUT2D eigenvalue weighted by Gasteiger charge is 2.27. The lowest BCUT2D eigenvalue weighted by atomic mass is 10.0. The van der Waals surface area contributed by atoms with E-state index >= 15 is 0 Å². The summed E-state index contributed by atoms with van der Waals surface area (Å²) >= 11 is 0. The summed E-state index contributed by atoms with van der Waals surface area (Å²) in [5.74, 6) is -0.905. The van der Waals surface area contributed by atoms with Crippen LogP contribution >= 0.6 is 0 Å². The average molecular weight is 424 g/mol. The van der Waals surface area contributed by atoms with Crippen LogP contribution in [0.5, 0.6) is 0 Å². The summed E-state index contributed by atoms with van der Waals surface area (Å²) in [5, 5.41) is 16.2. The Morgan fingerprint density at radius 1 is 1.06 bits per heavy atom. The number of rotatable bonds is 4. The molecule has 7 nitrogen and oxygen atoms in total. The van der Waals surface area contributed by atoms with Crippen LogP contribution in [-0.2, 0) is 27.4 Å². The Balaban J connectivity index is 1.72. The van der Waals surface area contributed by atoms with Crippen molar-refractivity contribution in [2.45, 2.75) is 31.7 Å². The molecule has 2 amide bonds. The first-order chi connectivity index (χ1) is 15.1. The zero-order chi connectivity index (χ0) is 21.9. The van der Waals surface area contributed by atoms with Gasteiger partial charge in [0.1, 0.15) is 0 Å². The molecule has 0 bridgehead atoms. The van der Waals surface area contributed by atoms with E-state index in [1.165, 1.54) is 0 Å². The molecular weight excluding hydrogens is 396 g/mol. The average Bonchev–Trinajstić information content (AvgIpc) is 2.80. The molecule has 1 aliphatic heterocycles. The number of aliphatic hydroxyl groups excluding tert-OH is 1. The van der Waals surface area contributed by atoms with Gasteiger partial charge in [-0.05, 0) is 23.6 Å². The Hall–Kier alpha value is -3.00. The summed E-state index contributed by atoms with van der Waals surface area (Å²) in [5.41, 5.74) is 2.10. The molecule has 3 N–H and O–H groups in total. The van der Waals surface area contributed by atoms with Gasteiger partial charge < -0.3 is 25.2 Å². The fourth-order valence-corrected chi connectivity index (χ4v) is 3.22. The van der Waals surface area contributed by atoms with Gasteiger partial charge in [-0.1, -0.05) is 60.7 Å². The second-order valence-corrected chi connectivity index (χ2v) is 7.22. The number of benzene rings is 2. The molecule has 0 aromatic heterocycles. The van der Waals surface area contributed by atoms with Gasteiger partial charge in [-0.15, -0.1) is 0 Å². The molecule has 0 spiro atoms. The van der Waals surface area contributed by atoms with Crippen LogP contribution in [0, 0.1) is 0 Å². The Morgan fingerprint density at radius 2 is 1.81 bits per heavy atom. The number of nitrogens with one attached hydrogen (secondary N) is 2.